The number of aryl methyl sites for hydroxylation is 1. The van der Waals surface area contributed by atoms with Crippen molar-refractivity contribution in [3.05, 3.63) is 40.9 Å². The van der Waals surface area contributed by atoms with Crippen LogP contribution in [0.2, 0.25) is 0 Å². The predicted octanol–water partition coefficient (Wildman–Crippen LogP) is 2.83. The van der Waals surface area contributed by atoms with Gasteiger partial charge in [-0.3, -0.25) is 4.79 Å². The number of thiazole rings is 1. The summed E-state index contributed by atoms with van der Waals surface area (Å²) in [5, 5.41) is 3.11. The fraction of sp³-hybridized carbons (Fsp3) is 0.474. The number of nitrogens with zero attached hydrogens (tertiary/aromatic N) is 3. The van der Waals surface area contributed by atoms with Crippen molar-refractivity contribution in [3.8, 4) is 5.75 Å². The molecular weight excluding hydrogens is 350 g/mol. The first-order chi connectivity index (χ1) is 12.7. The van der Waals surface area contributed by atoms with Crippen molar-refractivity contribution in [3.63, 3.8) is 0 Å². The number of aromatic nitrogens is 1. The predicted molar refractivity (Wildman–Crippen MR) is 103 cm³/mol. The molecule has 1 aromatic heterocycles. The van der Waals surface area contributed by atoms with E-state index in [1.54, 1.807) is 18.4 Å². The van der Waals surface area contributed by atoms with Gasteiger partial charge in [0.1, 0.15) is 12.4 Å². The molecule has 6 nitrogen and oxygen atoms in total. The summed E-state index contributed by atoms with van der Waals surface area (Å²) < 4.78 is 10.6. The Morgan fingerprint density at radius 2 is 2.12 bits per heavy atom. The summed E-state index contributed by atoms with van der Waals surface area (Å²) in [6.45, 7) is 6.20. The molecular formula is C19H25N3O3S. The Bertz CT molecular complexity index is 734. The Morgan fingerprint density at radius 1 is 1.23 bits per heavy atom. The van der Waals surface area contributed by atoms with Crippen LogP contribution < -0.4 is 9.64 Å². The van der Waals surface area contributed by atoms with E-state index in [2.05, 4.69) is 15.3 Å². The van der Waals surface area contributed by atoms with Crippen LogP contribution in [0.3, 0.4) is 0 Å². The van der Waals surface area contributed by atoms with Gasteiger partial charge in [0.15, 0.2) is 5.13 Å². The van der Waals surface area contributed by atoms with E-state index in [0.29, 0.717) is 31.1 Å². The number of amides is 1. The van der Waals surface area contributed by atoms with Gasteiger partial charge in [-0.05, 0) is 31.5 Å². The maximum atomic E-state index is 12.9. The summed E-state index contributed by atoms with van der Waals surface area (Å²) in [4.78, 5) is 21.7. The van der Waals surface area contributed by atoms with Crippen molar-refractivity contribution >= 4 is 22.4 Å². The molecule has 0 radical (unpaired) electrons. The summed E-state index contributed by atoms with van der Waals surface area (Å²) in [6.07, 6.45) is 0.939. The Kier molecular flexibility index (Phi) is 6.46. The third-order valence-corrected chi connectivity index (χ3v) is 5.32. The molecule has 0 aliphatic carbocycles. The SMILES string of the molecule is COCCOc1cccc(C(=O)N2CCCN(c3nc(C)cs3)CC2)c1. The van der Waals surface area contributed by atoms with Gasteiger partial charge in [-0.1, -0.05) is 6.07 Å². The van der Waals surface area contributed by atoms with E-state index >= 15 is 0 Å². The minimum atomic E-state index is 0.0550. The van der Waals surface area contributed by atoms with Gasteiger partial charge in [-0.25, -0.2) is 4.98 Å². The molecule has 0 atom stereocenters. The average Bonchev–Trinajstić information content (AvgIpc) is 2.94. The van der Waals surface area contributed by atoms with Crippen LogP contribution in [0.5, 0.6) is 5.75 Å². The monoisotopic (exact) mass is 375 g/mol. The van der Waals surface area contributed by atoms with Crippen molar-refractivity contribution in [1.29, 1.82) is 0 Å². The van der Waals surface area contributed by atoms with Gasteiger partial charge >= 0.3 is 0 Å². The highest BCUT2D eigenvalue weighted by Crippen LogP contribution is 2.22. The maximum absolute atomic E-state index is 12.9. The van der Waals surface area contributed by atoms with Crippen LogP contribution in [0.15, 0.2) is 29.6 Å². The van der Waals surface area contributed by atoms with Gasteiger partial charge < -0.3 is 19.3 Å². The van der Waals surface area contributed by atoms with Gasteiger partial charge in [-0.15, -0.1) is 11.3 Å². The fourth-order valence-corrected chi connectivity index (χ4v) is 3.80. The molecule has 1 fully saturated rings. The summed E-state index contributed by atoms with van der Waals surface area (Å²) in [5.41, 5.74) is 1.71. The lowest BCUT2D eigenvalue weighted by atomic mass is 10.2. The van der Waals surface area contributed by atoms with E-state index in [0.717, 1.165) is 36.9 Å². The highest BCUT2D eigenvalue weighted by atomic mass is 32.1. The molecule has 2 heterocycles. The zero-order chi connectivity index (χ0) is 18.4. The lowest BCUT2D eigenvalue weighted by molar-refractivity contribution is 0.0766. The summed E-state index contributed by atoms with van der Waals surface area (Å²) >= 11 is 1.67. The number of carbonyl (C=O) groups is 1. The van der Waals surface area contributed by atoms with Crippen LogP contribution in [-0.4, -0.2) is 62.3 Å². The largest absolute Gasteiger partial charge is 0.491 e. The molecule has 0 spiro atoms. The van der Waals surface area contributed by atoms with E-state index in [1.165, 1.54) is 0 Å². The lowest BCUT2D eigenvalue weighted by Crippen LogP contribution is -2.35. The zero-order valence-corrected chi connectivity index (χ0v) is 16.1. The second kappa shape index (κ2) is 9.00. The third kappa shape index (κ3) is 4.74. The number of rotatable bonds is 6. The summed E-state index contributed by atoms with van der Waals surface area (Å²) in [7, 11) is 1.64. The molecule has 0 unspecified atom stereocenters. The normalized spacial score (nSPS) is 15.0. The van der Waals surface area contributed by atoms with Crippen molar-refractivity contribution in [2.75, 3.05) is 51.4 Å². The number of benzene rings is 1. The van der Waals surface area contributed by atoms with Crippen LogP contribution >= 0.6 is 11.3 Å². The van der Waals surface area contributed by atoms with E-state index in [4.69, 9.17) is 9.47 Å². The highest BCUT2D eigenvalue weighted by molar-refractivity contribution is 7.13. The smallest absolute Gasteiger partial charge is 0.254 e. The van der Waals surface area contributed by atoms with E-state index in [-0.39, 0.29) is 5.91 Å². The minimum absolute atomic E-state index is 0.0550. The Balaban J connectivity index is 1.62. The molecule has 1 amide bonds. The molecule has 1 saturated heterocycles. The molecule has 0 saturated carbocycles. The second-order valence-electron chi connectivity index (χ2n) is 6.27. The minimum Gasteiger partial charge on any atom is -0.491 e. The quantitative estimate of drug-likeness (QED) is 0.727. The lowest BCUT2D eigenvalue weighted by Gasteiger charge is -2.22. The maximum Gasteiger partial charge on any atom is 0.254 e. The number of hydrogen-bond acceptors (Lipinski definition) is 6. The molecule has 3 rings (SSSR count). The summed E-state index contributed by atoms with van der Waals surface area (Å²) in [6, 6.07) is 7.38. The van der Waals surface area contributed by atoms with E-state index in [9.17, 15) is 4.79 Å². The van der Waals surface area contributed by atoms with Crippen molar-refractivity contribution in [2.24, 2.45) is 0 Å². The van der Waals surface area contributed by atoms with Crippen molar-refractivity contribution < 1.29 is 14.3 Å². The topological polar surface area (TPSA) is 54.9 Å². The first-order valence-electron chi connectivity index (χ1n) is 8.85. The Hall–Kier alpha value is -2.12. The molecule has 1 aromatic carbocycles. The first-order valence-corrected chi connectivity index (χ1v) is 9.73. The van der Waals surface area contributed by atoms with E-state index in [1.807, 2.05) is 36.1 Å². The zero-order valence-electron chi connectivity index (χ0n) is 15.3. The van der Waals surface area contributed by atoms with Crippen LogP contribution in [0.25, 0.3) is 0 Å². The molecule has 0 bridgehead atoms. The molecule has 7 heteroatoms. The van der Waals surface area contributed by atoms with Crippen LogP contribution in [0.1, 0.15) is 22.5 Å². The number of carbonyl (C=O) groups excluding carboxylic acids is 1. The molecule has 26 heavy (non-hydrogen) atoms. The van der Waals surface area contributed by atoms with Crippen LogP contribution in [-0.2, 0) is 4.74 Å². The van der Waals surface area contributed by atoms with Gasteiger partial charge in [0.2, 0.25) is 0 Å². The van der Waals surface area contributed by atoms with Gasteiger partial charge in [-0.2, -0.15) is 0 Å². The second-order valence-corrected chi connectivity index (χ2v) is 7.11. The molecule has 0 N–H and O–H groups in total. The van der Waals surface area contributed by atoms with Gasteiger partial charge in [0.25, 0.3) is 5.91 Å². The summed E-state index contributed by atoms with van der Waals surface area (Å²) in [5.74, 6) is 0.752. The van der Waals surface area contributed by atoms with Gasteiger partial charge in [0.05, 0.1) is 12.3 Å². The highest BCUT2D eigenvalue weighted by Gasteiger charge is 2.22. The standard InChI is InChI=1S/C19H25N3O3S/c1-15-14-26-19(20-15)22-8-4-7-21(9-10-22)18(23)16-5-3-6-17(13-16)25-12-11-24-2/h3,5-6,13-14H,4,7-12H2,1-2H3. The van der Waals surface area contributed by atoms with Crippen molar-refractivity contribution in [2.45, 2.75) is 13.3 Å². The van der Waals surface area contributed by atoms with Crippen molar-refractivity contribution in [1.82, 2.24) is 9.88 Å². The number of anilines is 1. The molecule has 2 aromatic rings. The molecule has 1 aliphatic heterocycles. The number of hydrogen-bond donors (Lipinski definition) is 0. The molecule has 1 aliphatic rings. The van der Waals surface area contributed by atoms with Gasteiger partial charge in [0, 0.05) is 44.2 Å². The fourth-order valence-electron chi connectivity index (χ4n) is 2.94. The van der Waals surface area contributed by atoms with Crippen LogP contribution in [0, 0.1) is 6.92 Å². The number of ether oxygens (including phenoxy) is 2. The van der Waals surface area contributed by atoms with Crippen LogP contribution in [0.4, 0.5) is 5.13 Å². The Morgan fingerprint density at radius 3 is 2.88 bits per heavy atom. The Labute approximate surface area is 158 Å². The first kappa shape index (κ1) is 18.7. The molecule has 140 valence electrons. The van der Waals surface area contributed by atoms with E-state index < -0.39 is 0 Å². The third-order valence-electron chi connectivity index (χ3n) is 4.30. The number of methoxy groups -OCH3 is 1. The average molecular weight is 375 g/mol.